The van der Waals surface area contributed by atoms with Crippen LogP contribution in [0.4, 0.5) is 5.69 Å². The topological polar surface area (TPSA) is 92.7 Å². The molecule has 5 nitrogen and oxygen atoms in total. The number of nitrogens with zero attached hydrogens (tertiary/aromatic N) is 3. The first-order valence-electron chi connectivity index (χ1n) is 14.5. The van der Waals surface area contributed by atoms with E-state index in [0.29, 0.717) is 16.8 Å². The van der Waals surface area contributed by atoms with E-state index in [2.05, 4.69) is 62.2 Å². The molecule has 0 amide bonds. The number of rotatable bonds is 3. The molecule has 1 aliphatic rings. The third-order valence-electron chi connectivity index (χ3n) is 6.42. The van der Waals surface area contributed by atoms with Crippen LogP contribution >= 0.6 is 43.5 Å². The van der Waals surface area contributed by atoms with Crippen LogP contribution in [0.1, 0.15) is 15.9 Å². The van der Waals surface area contributed by atoms with Crippen LogP contribution in [0.2, 0.25) is 0 Å². The van der Waals surface area contributed by atoms with Gasteiger partial charge in [-0.25, -0.2) is 9.97 Å². The van der Waals surface area contributed by atoms with E-state index in [-0.39, 0.29) is 40.0 Å². The van der Waals surface area contributed by atoms with Gasteiger partial charge in [-0.15, -0.1) is 0 Å². The monoisotopic (exact) mass is 875 g/mol. The summed E-state index contributed by atoms with van der Waals surface area (Å²) in [4.78, 5) is 20.1. The maximum atomic E-state index is 10.5. The Kier molecular flexibility index (Phi) is 19.1. The number of hydrogen-bond acceptors (Lipinski definition) is 5. The number of para-hydroxylation sites is 2. The predicted octanol–water partition coefficient (Wildman–Crippen LogP) is 7.59. The van der Waals surface area contributed by atoms with E-state index in [1.54, 1.807) is 42.5 Å². The maximum Gasteiger partial charge on any atom is 2.00 e. The van der Waals surface area contributed by atoms with Crippen LogP contribution < -0.4 is 22.7 Å². The zero-order valence-corrected chi connectivity index (χ0v) is 33.4. The van der Waals surface area contributed by atoms with Crippen molar-refractivity contribution in [1.29, 1.82) is 5.26 Å². The number of nitrogens with two attached hydrogens (primary N) is 1. The average molecular weight is 879 g/mol. The number of halogens is 4. The van der Waals surface area contributed by atoms with Gasteiger partial charge in [0.25, 0.3) is 5.24 Å². The standard InChI is InChI=1S/C20H13BrN2.C7H4BrClO.C7H6N2.C6H4.BrH.Mg/c21-16-10-6-9-15(13-16)20-22-18-12-5-4-11-17(18)19(23-20)14-7-2-1-3-8-14;8-6-3-1-2-5(4-6)7(9)10;8-5-6-3-1-2-4-7(6)9;1-2-4-6-5-3-1;;/h1-13H;1-4H;1-4H,9H2;1-4H;1H;/q;;;;;+2/p-1. The van der Waals surface area contributed by atoms with Crippen molar-refractivity contribution in [2.45, 2.75) is 0 Å². The molecule has 0 bridgehead atoms. The van der Waals surface area contributed by atoms with Gasteiger partial charge in [-0.05, 0) is 60.1 Å². The Morgan fingerprint density at radius 3 is 1.96 bits per heavy atom. The summed E-state index contributed by atoms with van der Waals surface area (Å²) in [5, 5.41) is 9.03. The van der Waals surface area contributed by atoms with Gasteiger partial charge in [0.2, 0.25) is 0 Å². The molecule has 10 heteroatoms. The van der Waals surface area contributed by atoms with Crippen LogP contribution in [0.25, 0.3) is 33.5 Å². The molecule has 0 unspecified atom stereocenters. The van der Waals surface area contributed by atoms with E-state index in [9.17, 15) is 4.79 Å². The van der Waals surface area contributed by atoms with E-state index in [4.69, 9.17) is 32.6 Å². The predicted molar refractivity (Wildman–Crippen MR) is 209 cm³/mol. The maximum absolute atomic E-state index is 10.5. The average Bonchev–Trinajstić information content (AvgIpc) is 3.13. The number of hydrogen-bond donors (Lipinski definition) is 1. The first-order chi connectivity index (χ1) is 23.4. The van der Waals surface area contributed by atoms with Crippen molar-refractivity contribution in [3.8, 4) is 28.7 Å². The fourth-order valence-electron chi connectivity index (χ4n) is 4.16. The van der Waals surface area contributed by atoms with E-state index < -0.39 is 5.24 Å². The van der Waals surface area contributed by atoms with Crippen molar-refractivity contribution in [3.05, 3.63) is 184 Å². The minimum absolute atomic E-state index is 0. The van der Waals surface area contributed by atoms with Gasteiger partial charge >= 0.3 is 23.1 Å². The van der Waals surface area contributed by atoms with Gasteiger partial charge in [-0.3, -0.25) is 4.79 Å². The van der Waals surface area contributed by atoms with E-state index in [1.807, 2.05) is 97.1 Å². The second kappa shape index (κ2) is 22.7. The molecule has 0 saturated heterocycles. The number of anilines is 1. The summed E-state index contributed by atoms with van der Waals surface area (Å²) in [6.07, 6.45) is 13.0. The van der Waals surface area contributed by atoms with Gasteiger partial charge in [-0.1, -0.05) is 141 Å². The third kappa shape index (κ3) is 13.4. The minimum atomic E-state index is -0.429. The van der Waals surface area contributed by atoms with E-state index in [1.165, 1.54) is 0 Å². The second-order valence-corrected chi connectivity index (χ2v) is 12.0. The zero-order valence-electron chi connectivity index (χ0n) is 26.5. The minimum Gasteiger partial charge on any atom is -1.00 e. The molecule has 1 aliphatic carbocycles. The molecule has 0 spiro atoms. The summed E-state index contributed by atoms with van der Waals surface area (Å²) < 4.78 is 1.88. The third-order valence-corrected chi connectivity index (χ3v) is 7.62. The molecule has 0 aliphatic heterocycles. The Morgan fingerprint density at radius 2 is 1.42 bits per heavy atom. The van der Waals surface area contributed by atoms with Crippen LogP contribution in [0.15, 0.2) is 161 Å². The molecule has 242 valence electrons. The Balaban J connectivity index is 0.000000267. The smallest absolute Gasteiger partial charge is 1.00 e. The van der Waals surface area contributed by atoms with Gasteiger partial charge in [0.15, 0.2) is 5.82 Å². The Hall–Kier alpha value is -3.97. The molecule has 6 aromatic rings. The molecular weight excluding hydrogens is 852 g/mol. The van der Waals surface area contributed by atoms with Crippen molar-refractivity contribution in [3.63, 3.8) is 0 Å². The van der Waals surface area contributed by atoms with Crippen LogP contribution in [0, 0.1) is 23.5 Å². The van der Waals surface area contributed by atoms with Gasteiger partial charge < -0.3 is 22.7 Å². The van der Waals surface area contributed by atoms with Crippen molar-refractivity contribution in [2.24, 2.45) is 0 Å². The Bertz CT molecular complexity index is 2100. The van der Waals surface area contributed by atoms with E-state index in [0.717, 1.165) is 42.5 Å². The number of nitriles is 1. The quantitative estimate of drug-likeness (QED) is 0.0857. The molecule has 0 radical (unpaired) electrons. The van der Waals surface area contributed by atoms with Gasteiger partial charge in [-0.2, -0.15) is 5.26 Å². The second-order valence-electron chi connectivity index (χ2n) is 9.78. The normalized spacial score (nSPS) is 10.1. The van der Waals surface area contributed by atoms with Gasteiger partial charge in [0.1, 0.15) is 6.07 Å². The summed E-state index contributed by atoms with van der Waals surface area (Å²) in [5.41, 5.74) is 11.0. The number of allylic oxidation sites excluding steroid dienone is 6. The van der Waals surface area contributed by atoms with Crippen molar-refractivity contribution >= 4 is 88.3 Å². The van der Waals surface area contributed by atoms with Gasteiger partial charge in [0, 0.05) is 42.8 Å². The molecule has 0 fully saturated rings. The van der Waals surface area contributed by atoms with Crippen LogP contribution in [-0.4, -0.2) is 38.3 Å². The molecule has 0 saturated carbocycles. The SMILES string of the molecule is Brc1cccc(-c2nc(-c3ccccc3)c3ccccc3n2)c1.N#Cc1ccccc1N.O=C(Cl)c1cccc(Br)c1.[Br-].[C+]1=CC=CC=[C-]1.[Mg+2]. The molecular formula is C40H27Br3ClMgN4O+. The number of carbonyl (C=O) groups is 1. The summed E-state index contributed by atoms with van der Waals surface area (Å²) in [6.45, 7) is 0. The first-order valence-corrected chi connectivity index (χ1v) is 16.4. The van der Waals surface area contributed by atoms with Crippen molar-refractivity contribution in [1.82, 2.24) is 9.97 Å². The number of nitrogen functional groups attached to an aromatic ring is 1. The number of fused-ring (bicyclic) bond motifs is 1. The summed E-state index contributed by atoms with van der Waals surface area (Å²) >= 11 is 12.0. The Morgan fingerprint density at radius 1 is 0.780 bits per heavy atom. The molecule has 5 aromatic carbocycles. The summed E-state index contributed by atoms with van der Waals surface area (Å²) in [7, 11) is 0. The molecule has 1 heterocycles. The molecule has 7 rings (SSSR count). The summed E-state index contributed by atoms with van der Waals surface area (Å²) in [6, 6.07) is 42.4. The molecule has 1 aromatic heterocycles. The van der Waals surface area contributed by atoms with Crippen molar-refractivity contribution < 1.29 is 21.8 Å². The van der Waals surface area contributed by atoms with Crippen LogP contribution in [0.3, 0.4) is 0 Å². The fourth-order valence-corrected chi connectivity index (χ4v) is 5.08. The van der Waals surface area contributed by atoms with Gasteiger partial charge in [0.05, 0.1) is 16.8 Å². The van der Waals surface area contributed by atoms with Crippen molar-refractivity contribution in [2.75, 3.05) is 5.73 Å². The fraction of sp³-hybridized carbons (Fsp3) is 0. The number of benzene rings is 5. The molecule has 2 N–H and O–H groups in total. The Labute approximate surface area is 340 Å². The number of carbonyl (C=O) groups excluding carboxylic acids is 1. The largest absolute Gasteiger partial charge is 2.00 e. The van der Waals surface area contributed by atoms with Crippen LogP contribution in [0.5, 0.6) is 0 Å². The van der Waals surface area contributed by atoms with E-state index >= 15 is 0 Å². The first kappa shape index (κ1) is 42.2. The number of aromatic nitrogens is 2. The van der Waals surface area contributed by atoms with Crippen LogP contribution in [-0.2, 0) is 0 Å². The summed E-state index contributed by atoms with van der Waals surface area (Å²) in [5.74, 6) is 0.740. The zero-order chi connectivity index (χ0) is 34.1. The molecule has 50 heavy (non-hydrogen) atoms. The molecule has 0 atom stereocenters.